The van der Waals surface area contributed by atoms with Gasteiger partial charge in [0.25, 0.3) is 0 Å². The van der Waals surface area contributed by atoms with Gasteiger partial charge in [-0.05, 0) is 76.8 Å². The van der Waals surface area contributed by atoms with E-state index in [0.717, 1.165) is 49.9 Å². The Kier molecular flexibility index (Phi) is 8.74. The summed E-state index contributed by atoms with van der Waals surface area (Å²) in [7, 11) is 3.63. The summed E-state index contributed by atoms with van der Waals surface area (Å²) in [5, 5.41) is 6.07. The number of rotatable bonds is 8. The van der Waals surface area contributed by atoms with Crippen LogP contribution in [0.5, 0.6) is 0 Å². The number of hydrogen-bond acceptors (Lipinski definition) is 6. The summed E-state index contributed by atoms with van der Waals surface area (Å²) >= 11 is 0. The molecule has 1 aromatic carbocycles. The van der Waals surface area contributed by atoms with E-state index >= 15 is 0 Å². The van der Waals surface area contributed by atoms with Gasteiger partial charge in [-0.25, -0.2) is 14.4 Å². The Morgan fingerprint density at radius 2 is 1.78 bits per heavy atom. The average molecular weight is 511 g/mol. The van der Waals surface area contributed by atoms with Gasteiger partial charge in [0, 0.05) is 25.3 Å². The number of anilines is 2. The molecule has 1 aliphatic carbocycles. The quantitative estimate of drug-likeness (QED) is 0.557. The van der Waals surface area contributed by atoms with Gasteiger partial charge in [-0.2, -0.15) is 0 Å². The number of carbonyl (C=O) groups is 2. The lowest BCUT2D eigenvalue weighted by Gasteiger charge is -2.35. The topological polar surface area (TPSA) is 90.5 Å². The van der Waals surface area contributed by atoms with Crippen LogP contribution in [0.25, 0.3) is 0 Å². The van der Waals surface area contributed by atoms with Gasteiger partial charge in [0.2, 0.25) is 11.8 Å². The molecule has 1 saturated heterocycles. The minimum Gasteiger partial charge on any atom is -0.343 e. The molecule has 2 N–H and O–H groups in total. The maximum atomic E-state index is 14.0. The van der Waals surface area contributed by atoms with E-state index in [9.17, 15) is 14.0 Å². The first-order chi connectivity index (χ1) is 17.8. The fourth-order valence-electron chi connectivity index (χ4n) is 5.49. The molecule has 2 unspecified atom stereocenters. The third-order valence-corrected chi connectivity index (χ3v) is 7.79. The van der Waals surface area contributed by atoms with Crippen LogP contribution in [0.2, 0.25) is 0 Å². The molecule has 0 bridgehead atoms. The molecule has 1 aliphatic heterocycles. The highest BCUT2D eigenvalue weighted by Crippen LogP contribution is 2.36. The van der Waals surface area contributed by atoms with E-state index < -0.39 is 6.04 Å². The van der Waals surface area contributed by atoms with Crippen molar-refractivity contribution < 1.29 is 14.0 Å². The van der Waals surface area contributed by atoms with Gasteiger partial charge >= 0.3 is 0 Å². The molecule has 9 heteroatoms. The summed E-state index contributed by atoms with van der Waals surface area (Å²) in [5.41, 5.74) is 1.60. The van der Waals surface area contributed by atoms with Crippen LogP contribution in [0.3, 0.4) is 0 Å². The second-order valence-electron chi connectivity index (χ2n) is 10.3. The first-order valence-corrected chi connectivity index (χ1v) is 13.4. The largest absolute Gasteiger partial charge is 0.343 e. The monoisotopic (exact) mass is 510 g/mol. The van der Waals surface area contributed by atoms with Crippen LogP contribution in [0.4, 0.5) is 15.9 Å². The van der Waals surface area contributed by atoms with Crippen LogP contribution in [-0.2, 0) is 9.59 Å². The van der Waals surface area contributed by atoms with Crippen molar-refractivity contribution in [1.82, 2.24) is 25.5 Å². The fourth-order valence-corrected chi connectivity index (χ4v) is 5.49. The molecule has 2 fully saturated rings. The Morgan fingerprint density at radius 1 is 1.08 bits per heavy atom. The number of likely N-dealkylation sites (N-methyl/N-ethyl adjacent to an activating group) is 1. The van der Waals surface area contributed by atoms with Crippen LogP contribution in [-0.4, -0.2) is 59.4 Å². The predicted molar refractivity (Wildman–Crippen MR) is 142 cm³/mol. The zero-order chi connectivity index (χ0) is 26.5. The van der Waals surface area contributed by atoms with E-state index in [1.807, 2.05) is 29.8 Å². The SMILES string of the molecule is CNC(C)C(=O)N[C@H](C(=O)N1CCCC1c1cc(N(C)c2ccc(F)cc2)nc(C)n1)C1CCCCC1. The number of carbonyl (C=O) groups excluding carboxylic acids is 2. The smallest absolute Gasteiger partial charge is 0.246 e. The number of nitrogens with zero attached hydrogens (tertiary/aromatic N) is 4. The van der Waals surface area contributed by atoms with Gasteiger partial charge in [-0.15, -0.1) is 0 Å². The molecular formula is C28H39FN6O2. The highest BCUT2D eigenvalue weighted by atomic mass is 19.1. The van der Waals surface area contributed by atoms with Crippen molar-refractivity contribution in [2.24, 2.45) is 5.92 Å². The van der Waals surface area contributed by atoms with Crippen LogP contribution >= 0.6 is 0 Å². The zero-order valence-electron chi connectivity index (χ0n) is 22.3. The highest BCUT2D eigenvalue weighted by Gasteiger charge is 2.39. The third-order valence-electron chi connectivity index (χ3n) is 7.79. The van der Waals surface area contributed by atoms with Crippen LogP contribution < -0.4 is 15.5 Å². The van der Waals surface area contributed by atoms with Gasteiger partial charge in [-0.1, -0.05) is 19.3 Å². The molecule has 2 heterocycles. The molecule has 2 amide bonds. The Morgan fingerprint density at radius 3 is 2.46 bits per heavy atom. The van der Waals surface area contributed by atoms with Gasteiger partial charge in [0.05, 0.1) is 17.8 Å². The Labute approximate surface area is 219 Å². The normalized spacial score (nSPS) is 19.9. The summed E-state index contributed by atoms with van der Waals surface area (Å²) in [6.45, 7) is 4.28. The number of amides is 2. The summed E-state index contributed by atoms with van der Waals surface area (Å²) in [6, 6.07) is 7.10. The molecule has 3 atom stereocenters. The first-order valence-electron chi connectivity index (χ1n) is 13.4. The van der Waals surface area contributed by atoms with E-state index in [-0.39, 0.29) is 35.6 Å². The summed E-state index contributed by atoms with van der Waals surface area (Å²) in [6.07, 6.45) is 6.92. The number of aromatic nitrogens is 2. The van der Waals surface area contributed by atoms with E-state index in [0.29, 0.717) is 18.2 Å². The lowest BCUT2D eigenvalue weighted by molar-refractivity contribution is -0.139. The van der Waals surface area contributed by atoms with Crippen molar-refractivity contribution in [3.63, 3.8) is 0 Å². The Hall–Kier alpha value is -3.07. The van der Waals surface area contributed by atoms with E-state index in [2.05, 4.69) is 15.6 Å². The van der Waals surface area contributed by atoms with E-state index in [1.54, 1.807) is 26.1 Å². The number of nitrogens with one attached hydrogen (secondary N) is 2. The summed E-state index contributed by atoms with van der Waals surface area (Å²) in [4.78, 5) is 40.0. The first kappa shape index (κ1) is 27.0. The van der Waals surface area contributed by atoms with E-state index in [1.165, 1.54) is 18.6 Å². The molecule has 1 aromatic heterocycles. The zero-order valence-corrected chi connectivity index (χ0v) is 22.3. The Bertz CT molecular complexity index is 1090. The molecule has 8 nitrogen and oxygen atoms in total. The average Bonchev–Trinajstić information content (AvgIpc) is 3.41. The number of likely N-dealkylation sites (tertiary alicyclic amines) is 1. The second-order valence-corrected chi connectivity index (χ2v) is 10.3. The molecule has 200 valence electrons. The molecule has 37 heavy (non-hydrogen) atoms. The van der Waals surface area contributed by atoms with E-state index in [4.69, 9.17) is 4.98 Å². The maximum absolute atomic E-state index is 14.0. The Balaban J connectivity index is 1.60. The predicted octanol–water partition coefficient (Wildman–Crippen LogP) is 4.03. The standard InChI is InChI=1S/C28H39FN6O2/c1-18(30-3)27(36)33-26(20-9-6-5-7-10-20)28(37)35-16-8-11-24(35)23-17-25(32-19(2)31-23)34(4)22-14-12-21(29)13-15-22/h12-15,17-18,20,24,26,30H,5-11,16H2,1-4H3,(H,33,36)/t18?,24?,26-/m0/s1. The van der Waals surface area contributed by atoms with Gasteiger partial charge in [0.1, 0.15) is 23.5 Å². The van der Waals surface area contributed by atoms with Crippen molar-refractivity contribution in [3.05, 3.63) is 47.7 Å². The number of hydrogen-bond donors (Lipinski definition) is 2. The van der Waals surface area contributed by atoms with Crippen LogP contribution in [0.1, 0.15) is 69.4 Å². The molecule has 0 radical (unpaired) electrons. The van der Waals surface area contributed by atoms with Crippen molar-refractivity contribution in [2.45, 2.75) is 76.9 Å². The van der Waals surface area contributed by atoms with Gasteiger partial charge in [0.15, 0.2) is 0 Å². The molecule has 2 aliphatic rings. The fraction of sp³-hybridized carbons (Fsp3) is 0.571. The number of halogens is 1. The second kappa shape index (κ2) is 12.0. The molecule has 0 spiro atoms. The molecule has 4 rings (SSSR count). The summed E-state index contributed by atoms with van der Waals surface area (Å²) < 4.78 is 13.4. The van der Waals surface area contributed by atoms with Gasteiger partial charge < -0.3 is 20.4 Å². The molecule has 1 saturated carbocycles. The number of benzene rings is 1. The van der Waals surface area contributed by atoms with Crippen molar-refractivity contribution in [1.29, 1.82) is 0 Å². The lowest BCUT2D eigenvalue weighted by atomic mass is 9.83. The van der Waals surface area contributed by atoms with Crippen LogP contribution in [0, 0.1) is 18.7 Å². The van der Waals surface area contributed by atoms with Crippen LogP contribution in [0.15, 0.2) is 30.3 Å². The van der Waals surface area contributed by atoms with Crippen molar-refractivity contribution in [2.75, 3.05) is 25.5 Å². The molecule has 2 aromatic rings. The van der Waals surface area contributed by atoms with Gasteiger partial charge in [-0.3, -0.25) is 9.59 Å². The highest BCUT2D eigenvalue weighted by molar-refractivity contribution is 5.90. The lowest BCUT2D eigenvalue weighted by Crippen LogP contribution is -2.55. The van der Waals surface area contributed by atoms with Crippen molar-refractivity contribution in [3.8, 4) is 0 Å². The third kappa shape index (κ3) is 6.26. The minimum absolute atomic E-state index is 0.0178. The minimum atomic E-state index is -0.534. The van der Waals surface area contributed by atoms with Crippen molar-refractivity contribution >= 4 is 23.3 Å². The number of aryl methyl sites for hydroxylation is 1. The molecular weight excluding hydrogens is 471 g/mol. The maximum Gasteiger partial charge on any atom is 0.246 e. The summed E-state index contributed by atoms with van der Waals surface area (Å²) in [5.74, 6) is 0.983.